The third-order valence-corrected chi connectivity index (χ3v) is 2.82. The van der Waals surface area contributed by atoms with E-state index in [1.165, 1.54) is 12.5 Å². The summed E-state index contributed by atoms with van der Waals surface area (Å²) in [5.74, 6) is 0.847. The van der Waals surface area contributed by atoms with Gasteiger partial charge in [-0.3, -0.25) is 4.79 Å². The number of carbonyl (C=O) groups is 1. The van der Waals surface area contributed by atoms with E-state index in [-0.39, 0.29) is 11.7 Å². The Balaban J connectivity index is 2.79. The lowest BCUT2D eigenvalue weighted by Crippen LogP contribution is -2.21. The van der Waals surface area contributed by atoms with Gasteiger partial charge in [0.05, 0.1) is 0 Å². The molecule has 0 atom stereocenters. The van der Waals surface area contributed by atoms with Gasteiger partial charge < -0.3 is 10.4 Å². The van der Waals surface area contributed by atoms with Crippen LogP contribution in [-0.2, 0) is 4.79 Å². The topological polar surface area (TPSA) is 49.3 Å². The summed E-state index contributed by atoms with van der Waals surface area (Å²) in [6.07, 6.45) is 3.96. The largest absolute Gasteiger partial charge is 0.508 e. The van der Waals surface area contributed by atoms with Gasteiger partial charge in [-0.15, -0.1) is 0 Å². The zero-order valence-corrected chi connectivity index (χ0v) is 11.9. The van der Waals surface area contributed by atoms with Gasteiger partial charge in [-0.25, -0.2) is 0 Å². The van der Waals surface area contributed by atoms with Crippen LogP contribution in [0, 0.1) is 5.92 Å². The van der Waals surface area contributed by atoms with Crippen LogP contribution in [0.5, 0.6) is 5.75 Å². The van der Waals surface area contributed by atoms with Crippen LogP contribution in [0.3, 0.4) is 0 Å². The zero-order valence-electron chi connectivity index (χ0n) is 11.9. The predicted molar refractivity (Wildman–Crippen MR) is 78.8 cm³/mol. The monoisotopic (exact) mass is 261 g/mol. The fourth-order valence-electron chi connectivity index (χ4n) is 1.82. The summed E-state index contributed by atoms with van der Waals surface area (Å²) in [5.41, 5.74) is 2.18. The number of allylic oxidation sites excluding steroid dienone is 1. The highest BCUT2D eigenvalue weighted by Gasteiger charge is 2.04. The number of carbonyl (C=O) groups excluding carboxylic acids is 1. The van der Waals surface area contributed by atoms with Crippen molar-refractivity contribution in [1.29, 1.82) is 0 Å². The zero-order chi connectivity index (χ0) is 14.3. The molecule has 0 unspecified atom stereocenters. The number of rotatable bonds is 6. The van der Waals surface area contributed by atoms with E-state index in [1.54, 1.807) is 12.1 Å². The average molecular weight is 261 g/mol. The Labute approximate surface area is 115 Å². The molecule has 0 bridgehead atoms. The highest BCUT2D eigenvalue weighted by atomic mass is 16.3. The van der Waals surface area contributed by atoms with E-state index >= 15 is 0 Å². The molecule has 1 aromatic carbocycles. The Morgan fingerprint density at radius 3 is 2.74 bits per heavy atom. The van der Waals surface area contributed by atoms with E-state index in [4.69, 9.17) is 0 Å². The number of hydrogen-bond donors (Lipinski definition) is 2. The van der Waals surface area contributed by atoms with Gasteiger partial charge in [0.25, 0.3) is 0 Å². The van der Waals surface area contributed by atoms with Gasteiger partial charge in [-0.2, -0.15) is 0 Å². The summed E-state index contributed by atoms with van der Waals surface area (Å²) in [7, 11) is 0. The Hall–Kier alpha value is -1.77. The molecule has 3 heteroatoms. The van der Waals surface area contributed by atoms with Crippen molar-refractivity contribution in [3.05, 3.63) is 35.9 Å². The molecular formula is C16H23NO2. The number of hydrogen-bond acceptors (Lipinski definition) is 2. The molecule has 0 radical (unpaired) electrons. The minimum absolute atomic E-state index is 0.0147. The third-order valence-electron chi connectivity index (χ3n) is 2.82. The molecule has 0 saturated heterocycles. The average Bonchev–Trinajstić information content (AvgIpc) is 2.32. The minimum Gasteiger partial charge on any atom is -0.508 e. The van der Waals surface area contributed by atoms with Gasteiger partial charge in [0, 0.05) is 13.5 Å². The standard InChI is InChI=1S/C16H23NO2/c1-12(2)7-8-14(9-10-17-13(3)18)15-5-4-6-16(19)11-15/h4-6,8,11-12,19H,7,9-10H2,1-3H3,(H,17,18)/b14-8+. The first kappa shape index (κ1) is 15.3. The predicted octanol–water partition coefficient (Wildman–Crippen LogP) is 3.35. The molecule has 104 valence electrons. The molecule has 1 rings (SSSR count). The van der Waals surface area contributed by atoms with Crippen LogP contribution in [-0.4, -0.2) is 17.6 Å². The van der Waals surface area contributed by atoms with Crippen molar-refractivity contribution in [1.82, 2.24) is 5.32 Å². The summed E-state index contributed by atoms with van der Waals surface area (Å²) < 4.78 is 0. The summed E-state index contributed by atoms with van der Waals surface area (Å²) >= 11 is 0. The van der Waals surface area contributed by atoms with Crippen molar-refractivity contribution < 1.29 is 9.90 Å². The van der Waals surface area contributed by atoms with Crippen LogP contribution in [0.25, 0.3) is 5.57 Å². The Morgan fingerprint density at radius 1 is 1.42 bits per heavy atom. The number of amides is 1. The summed E-state index contributed by atoms with van der Waals surface area (Å²) in [4.78, 5) is 10.9. The molecule has 1 amide bonds. The number of nitrogens with one attached hydrogen (secondary N) is 1. The maximum Gasteiger partial charge on any atom is 0.216 e. The first-order chi connectivity index (χ1) is 8.99. The Kier molecular flexibility index (Phi) is 6.13. The highest BCUT2D eigenvalue weighted by Crippen LogP contribution is 2.23. The first-order valence-electron chi connectivity index (χ1n) is 6.72. The fourth-order valence-corrected chi connectivity index (χ4v) is 1.82. The number of benzene rings is 1. The lowest BCUT2D eigenvalue weighted by Gasteiger charge is -2.10. The maximum atomic E-state index is 10.9. The molecule has 2 N–H and O–H groups in total. The van der Waals surface area contributed by atoms with Crippen molar-refractivity contribution in [3.63, 3.8) is 0 Å². The molecule has 3 nitrogen and oxygen atoms in total. The quantitative estimate of drug-likeness (QED) is 0.825. The van der Waals surface area contributed by atoms with E-state index < -0.39 is 0 Å². The highest BCUT2D eigenvalue weighted by molar-refractivity contribution is 5.73. The van der Waals surface area contributed by atoms with E-state index in [1.807, 2.05) is 12.1 Å². The molecule has 0 spiro atoms. The first-order valence-corrected chi connectivity index (χ1v) is 6.72. The van der Waals surface area contributed by atoms with Crippen LogP contribution in [0.2, 0.25) is 0 Å². The van der Waals surface area contributed by atoms with Crippen LogP contribution in [0.4, 0.5) is 0 Å². The number of phenols is 1. The second-order valence-electron chi connectivity index (χ2n) is 5.14. The van der Waals surface area contributed by atoms with Crippen molar-refractivity contribution in [2.24, 2.45) is 5.92 Å². The second kappa shape index (κ2) is 7.62. The molecule has 1 aromatic rings. The van der Waals surface area contributed by atoms with E-state index in [0.717, 1.165) is 18.4 Å². The van der Waals surface area contributed by atoms with Gasteiger partial charge in [-0.1, -0.05) is 32.1 Å². The normalized spacial score (nSPS) is 11.7. The van der Waals surface area contributed by atoms with E-state index in [9.17, 15) is 9.90 Å². The summed E-state index contributed by atoms with van der Waals surface area (Å²) in [6.45, 7) is 6.48. The van der Waals surface area contributed by atoms with Gasteiger partial charge in [0.15, 0.2) is 0 Å². The minimum atomic E-state index is -0.0147. The van der Waals surface area contributed by atoms with Crippen molar-refractivity contribution in [3.8, 4) is 5.75 Å². The van der Waals surface area contributed by atoms with E-state index in [2.05, 4.69) is 25.2 Å². The molecule has 0 aromatic heterocycles. The fraction of sp³-hybridized carbons (Fsp3) is 0.438. The van der Waals surface area contributed by atoms with Gasteiger partial charge in [0.2, 0.25) is 5.91 Å². The van der Waals surface area contributed by atoms with Crippen molar-refractivity contribution >= 4 is 11.5 Å². The van der Waals surface area contributed by atoms with Crippen LogP contribution in [0.1, 0.15) is 39.2 Å². The Morgan fingerprint density at radius 2 is 2.16 bits per heavy atom. The number of aromatic hydroxyl groups is 1. The molecule has 0 aliphatic carbocycles. The molecule has 0 aliphatic rings. The lowest BCUT2D eigenvalue weighted by atomic mass is 9.99. The Bertz CT molecular complexity index is 450. The van der Waals surface area contributed by atoms with Crippen LogP contribution >= 0.6 is 0 Å². The van der Waals surface area contributed by atoms with Gasteiger partial charge >= 0.3 is 0 Å². The number of phenolic OH excluding ortho intramolecular Hbond substituents is 1. The molecule has 0 aliphatic heterocycles. The molecular weight excluding hydrogens is 238 g/mol. The molecule has 0 saturated carbocycles. The molecule has 19 heavy (non-hydrogen) atoms. The van der Waals surface area contributed by atoms with Gasteiger partial charge in [-0.05, 0) is 42.0 Å². The van der Waals surface area contributed by atoms with E-state index in [0.29, 0.717) is 12.5 Å². The lowest BCUT2D eigenvalue weighted by molar-refractivity contribution is -0.118. The molecule has 0 fully saturated rings. The van der Waals surface area contributed by atoms with Crippen molar-refractivity contribution in [2.75, 3.05) is 6.54 Å². The maximum absolute atomic E-state index is 10.9. The summed E-state index contributed by atoms with van der Waals surface area (Å²) in [6, 6.07) is 7.25. The summed E-state index contributed by atoms with van der Waals surface area (Å²) in [5, 5.41) is 12.4. The smallest absolute Gasteiger partial charge is 0.216 e. The third kappa shape index (κ3) is 6.09. The second-order valence-corrected chi connectivity index (χ2v) is 5.14. The van der Waals surface area contributed by atoms with Crippen molar-refractivity contribution in [2.45, 2.75) is 33.6 Å². The molecule has 0 heterocycles. The van der Waals surface area contributed by atoms with Crippen LogP contribution < -0.4 is 5.32 Å². The van der Waals surface area contributed by atoms with Gasteiger partial charge in [0.1, 0.15) is 5.75 Å². The SMILES string of the molecule is CC(=O)NCC/C(=C\CC(C)C)c1cccc(O)c1. The van der Waals surface area contributed by atoms with Crippen LogP contribution in [0.15, 0.2) is 30.3 Å².